The molecule has 0 unspecified atom stereocenters. The van der Waals surface area contributed by atoms with Gasteiger partial charge in [0.05, 0.1) is 22.7 Å². The van der Waals surface area contributed by atoms with Crippen molar-refractivity contribution in [1.29, 1.82) is 0 Å². The first-order valence-electron chi connectivity index (χ1n) is 6.37. The summed E-state index contributed by atoms with van der Waals surface area (Å²) in [5.41, 5.74) is 2.87. The number of aryl methyl sites for hydroxylation is 1. The molecule has 0 aliphatic heterocycles. The number of pyridine rings is 1. The van der Waals surface area contributed by atoms with Crippen LogP contribution in [0.2, 0.25) is 0 Å². The topological polar surface area (TPSA) is 85.9 Å². The van der Waals surface area contributed by atoms with Gasteiger partial charge in [-0.05, 0) is 33.3 Å². The summed E-state index contributed by atoms with van der Waals surface area (Å²) in [7, 11) is 0. The minimum Gasteiger partial charge on any atom is -0.370 e. The predicted octanol–water partition coefficient (Wildman–Crippen LogP) is 2.53. The lowest BCUT2D eigenvalue weighted by Gasteiger charge is -2.07. The fourth-order valence-electron chi connectivity index (χ4n) is 1.93. The van der Waals surface area contributed by atoms with E-state index in [2.05, 4.69) is 15.4 Å². The number of hydrogen-bond donors (Lipinski definition) is 1. The van der Waals surface area contributed by atoms with Crippen molar-refractivity contribution in [3.63, 3.8) is 0 Å². The van der Waals surface area contributed by atoms with Crippen LogP contribution in [0.5, 0.6) is 0 Å². The highest BCUT2D eigenvalue weighted by Crippen LogP contribution is 2.22. The second-order valence-electron chi connectivity index (χ2n) is 4.56. The third kappa shape index (κ3) is 2.47. The molecule has 0 atom stereocenters. The smallest absolute Gasteiger partial charge is 0.276 e. The Morgan fingerprint density at radius 2 is 2.05 bits per heavy atom. The van der Waals surface area contributed by atoms with Crippen LogP contribution < -0.4 is 5.32 Å². The molecule has 20 heavy (non-hydrogen) atoms. The molecule has 0 aliphatic carbocycles. The summed E-state index contributed by atoms with van der Waals surface area (Å²) < 4.78 is 1.64. The first kappa shape index (κ1) is 14.0. The van der Waals surface area contributed by atoms with Gasteiger partial charge in [-0.3, -0.25) is 10.1 Å². The first-order chi connectivity index (χ1) is 9.43. The van der Waals surface area contributed by atoms with Gasteiger partial charge in [-0.1, -0.05) is 0 Å². The lowest BCUT2D eigenvalue weighted by molar-refractivity contribution is -0.384. The van der Waals surface area contributed by atoms with E-state index in [1.54, 1.807) is 4.68 Å². The highest BCUT2D eigenvalue weighted by molar-refractivity contribution is 5.51. The van der Waals surface area contributed by atoms with Gasteiger partial charge in [-0.15, -0.1) is 0 Å². The number of nitrogens with one attached hydrogen (secondary N) is 1. The number of hydrogen-bond acceptors (Lipinski definition) is 5. The van der Waals surface area contributed by atoms with Crippen molar-refractivity contribution in [2.75, 3.05) is 11.9 Å². The van der Waals surface area contributed by atoms with E-state index in [-0.39, 0.29) is 5.69 Å². The summed E-state index contributed by atoms with van der Waals surface area (Å²) in [6.45, 7) is 8.35. The molecule has 106 valence electrons. The van der Waals surface area contributed by atoms with Crippen molar-refractivity contribution in [2.45, 2.75) is 27.7 Å². The molecule has 0 radical (unpaired) electrons. The van der Waals surface area contributed by atoms with E-state index in [4.69, 9.17) is 0 Å². The van der Waals surface area contributed by atoms with E-state index >= 15 is 0 Å². The molecule has 2 aromatic rings. The maximum absolute atomic E-state index is 11.0. The molecule has 0 aromatic carbocycles. The Morgan fingerprint density at radius 1 is 1.35 bits per heavy atom. The van der Waals surface area contributed by atoms with E-state index in [0.717, 1.165) is 17.0 Å². The molecular formula is C13H17N5O2. The third-order valence-corrected chi connectivity index (χ3v) is 3.24. The van der Waals surface area contributed by atoms with Gasteiger partial charge in [0.25, 0.3) is 5.69 Å². The number of rotatable bonds is 4. The van der Waals surface area contributed by atoms with Gasteiger partial charge >= 0.3 is 0 Å². The standard InChI is InChI=1S/C13H17N5O2/c1-5-14-12-6-11(18(19)20)7-13(15-12)17-10(4)8(2)9(3)16-17/h6-7H,5H2,1-4H3,(H,14,15). The van der Waals surface area contributed by atoms with Gasteiger partial charge in [-0.2, -0.15) is 5.10 Å². The van der Waals surface area contributed by atoms with Crippen LogP contribution in [-0.2, 0) is 0 Å². The Labute approximate surface area is 116 Å². The molecule has 0 amide bonds. The Kier molecular flexibility index (Phi) is 3.69. The fourth-order valence-corrected chi connectivity index (χ4v) is 1.93. The second kappa shape index (κ2) is 5.28. The van der Waals surface area contributed by atoms with Crippen molar-refractivity contribution < 1.29 is 4.92 Å². The summed E-state index contributed by atoms with van der Waals surface area (Å²) in [5, 5.41) is 18.4. The number of nitro groups is 1. The molecule has 7 heteroatoms. The van der Waals surface area contributed by atoms with Gasteiger partial charge in [0.2, 0.25) is 0 Å². The first-order valence-corrected chi connectivity index (χ1v) is 6.37. The number of aromatic nitrogens is 3. The molecule has 1 N–H and O–H groups in total. The highest BCUT2D eigenvalue weighted by Gasteiger charge is 2.15. The monoisotopic (exact) mass is 275 g/mol. The molecule has 2 heterocycles. The maximum Gasteiger partial charge on any atom is 0.276 e. The molecular weight excluding hydrogens is 258 g/mol. The maximum atomic E-state index is 11.0. The van der Waals surface area contributed by atoms with Crippen molar-refractivity contribution in [1.82, 2.24) is 14.8 Å². The summed E-state index contributed by atoms with van der Waals surface area (Å²) >= 11 is 0. The summed E-state index contributed by atoms with van der Waals surface area (Å²) in [5.74, 6) is 0.922. The van der Waals surface area contributed by atoms with Crippen molar-refractivity contribution in [2.24, 2.45) is 0 Å². The lowest BCUT2D eigenvalue weighted by Crippen LogP contribution is -2.07. The molecule has 0 saturated carbocycles. The van der Waals surface area contributed by atoms with Crippen LogP contribution in [0.3, 0.4) is 0 Å². The fraction of sp³-hybridized carbons (Fsp3) is 0.385. The van der Waals surface area contributed by atoms with Crippen LogP contribution in [0.4, 0.5) is 11.5 Å². The van der Waals surface area contributed by atoms with Crippen LogP contribution in [0.1, 0.15) is 23.9 Å². The Balaban J connectivity index is 2.60. The zero-order valence-corrected chi connectivity index (χ0v) is 12.0. The number of nitrogens with zero attached hydrogens (tertiary/aromatic N) is 4. The Morgan fingerprint density at radius 3 is 2.55 bits per heavy atom. The zero-order valence-electron chi connectivity index (χ0n) is 12.0. The third-order valence-electron chi connectivity index (χ3n) is 3.24. The van der Waals surface area contributed by atoms with E-state index in [0.29, 0.717) is 18.2 Å². The molecule has 2 rings (SSSR count). The molecule has 0 bridgehead atoms. The molecule has 2 aromatic heterocycles. The quantitative estimate of drug-likeness (QED) is 0.684. The lowest BCUT2D eigenvalue weighted by atomic mass is 10.2. The van der Waals surface area contributed by atoms with Crippen LogP contribution in [0, 0.1) is 30.9 Å². The van der Waals surface area contributed by atoms with Gasteiger partial charge in [-0.25, -0.2) is 9.67 Å². The largest absolute Gasteiger partial charge is 0.370 e. The predicted molar refractivity (Wildman–Crippen MR) is 76.4 cm³/mol. The molecule has 0 spiro atoms. The zero-order chi connectivity index (χ0) is 14.9. The van der Waals surface area contributed by atoms with Crippen molar-refractivity contribution in [3.05, 3.63) is 39.2 Å². The minimum absolute atomic E-state index is 0.00356. The van der Waals surface area contributed by atoms with E-state index in [1.807, 2.05) is 27.7 Å². The van der Waals surface area contributed by atoms with Crippen LogP contribution in [0.15, 0.2) is 12.1 Å². The number of anilines is 1. The molecule has 7 nitrogen and oxygen atoms in total. The van der Waals surface area contributed by atoms with Crippen molar-refractivity contribution in [3.8, 4) is 5.82 Å². The average Bonchev–Trinajstić information content (AvgIpc) is 2.66. The molecule has 0 fully saturated rings. The van der Waals surface area contributed by atoms with Crippen LogP contribution in [0.25, 0.3) is 5.82 Å². The minimum atomic E-state index is -0.426. The van der Waals surface area contributed by atoms with Gasteiger partial charge in [0.1, 0.15) is 5.82 Å². The molecule has 0 aliphatic rings. The normalized spacial score (nSPS) is 10.6. The van der Waals surface area contributed by atoms with Crippen molar-refractivity contribution >= 4 is 11.5 Å². The summed E-state index contributed by atoms with van der Waals surface area (Å²) in [4.78, 5) is 15.0. The van der Waals surface area contributed by atoms with Crippen LogP contribution in [-0.4, -0.2) is 26.2 Å². The van der Waals surface area contributed by atoms with Gasteiger partial charge < -0.3 is 5.32 Å². The summed E-state index contributed by atoms with van der Waals surface area (Å²) in [6, 6.07) is 2.85. The average molecular weight is 275 g/mol. The molecule has 0 saturated heterocycles. The highest BCUT2D eigenvalue weighted by atomic mass is 16.6. The van der Waals surface area contributed by atoms with E-state index in [9.17, 15) is 10.1 Å². The van der Waals surface area contributed by atoms with Gasteiger partial charge in [0, 0.05) is 12.2 Å². The van der Waals surface area contributed by atoms with Gasteiger partial charge in [0.15, 0.2) is 5.82 Å². The summed E-state index contributed by atoms with van der Waals surface area (Å²) in [6.07, 6.45) is 0. The SMILES string of the molecule is CCNc1cc([N+](=O)[O-])cc(-n2nc(C)c(C)c2C)n1. The van der Waals surface area contributed by atoms with E-state index in [1.165, 1.54) is 12.1 Å². The van der Waals surface area contributed by atoms with E-state index < -0.39 is 4.92 Å². The second-order valence-corrected chi connectivity index (χ2v) is 4.56. The Hall–Kier alpha value is -2.44. The van der Waals surface area contributed by atoms with Crippen LogP contribution >= 0.6 is 0 Å². The Bertz CT molecular complexity index is 663.